The minimum atomic E-state index is -0.0835. The number of hydrogen-bond donors (Lipinski definition) is 2. The first kappa shape index (κ1) is 10.2. The third kappa shape index (κ3) is 4.56. The largest absolute Gasteiger partial charge is 0.356 e. The van der Waals surface area contributed by atoms with Crippen molar-refractivity contribution >= 4 is 5.91 Å². The minimum Gasteiger partial charge on any atom is -0.356 e. The molecule has 1 unspecified atom stereocenters. The fourth-order valence-electron chi connectivity index (χ4n) is 0.579. The second-order valence-corrected chi connectivity index (χ2v) is 2.51. The zero-order chi connectivity index (χ0) is 8.69. The van der Waals surface area contributed by atoms with Crippen LogP contribution in [0, 0.1) is 5.92 Å². The number of hydrogen-bond acceptors (Lipinski definition) is 2. The van der Waals surface area contributed by atoms with Crippen LogP contribution in [0.25, 0.3) is 0 Å². The van der Waals surface area contributed by atoms with E-state index >= 15 is 0 Å². The molecule has 3 nitrogen and oxygen atoms in total. The molecule has 0 aliphatic rings. The number of amides is 1. The van der Waals surface area contributed by atoms with Gasteiger partial charge < -0.3 is 11.1 Å². The van der Waals surface area contributed by atoms with Gasteiger partial charge in [0.15, 0.2) is 0 Å². The van der Waals surface area contributed by atoms with Crippen molar-refractivity contribution < 1.29 is 4.79 Å². The molecule has 1 amide bonds. The molecule has 3 heteroatoms. The van der Waals surface area contributed by atoms with E-state index in [0.29, 0.717) is 13.1 Å². The summed E-state index contributed by atoms with van der Waals surface area (Å²) >= 11 is 0. The van der Waals surface area contributed by atoms with Gasteiger partial charge in [-0.15, -0.1) is 6.58 Å². The van der Waals surface area contributed by atoms with Gasteiger partial charge in [-0.2, -0.15) is 0 Å². The average Bonchev–Trinajstić information content (AvgIpc) is 2.03. The first-order valence-electron chi connectivity index (χ1n) is 3.81. The molecule has 11 heavy (non-hydrogen) atoms. The van der Waals surface area contributed by atoms with Gasteiger partial charge in [0.1, 0.15) is 0 Å². The van der Waals surface area contributed by atoms with Crippen molar-refractivity contribution in [2.24, 2.45) is 11.7 Å². The Labute approximate surface area is 67.7 Å². The summed E-state index contributed by atoms with van der Waals surface area (Å²) in [5, 5.41) is 2.74. The average molecular weight is 156 g/mol. The number of carbonyl (C=O) groups is 1. The van der Waals surface area contributed by atoms with Crippen molar-refractivity contribution in [3.05, 3.63) is 12.7 Å². The van der Waals surface area contributed by atoms with Crippen LogP contribution in [0.1, 0.15) is 13.3 Å². The van der Waals surface area contributed by atoms with Crippen molar-refractivity contribution in [3.8, 4) is 0 Å². The summed E-state index contributed by atoms with van der Waals surface area (Å²) in [5.41, 5.74) is 5.30. The summed E-state index contributed by atoms with van der Waals surface area (Å²) in [5.74, 6) is -0.0610. The topological polar surface area (TPSA) is 55.1 Å². The van der Waals surface area contributed by atoms with E-state index in [1.165, 1.54) is 0 Å². The van der Waals surface area contributed by atoms with E-state index in [0.717, 1.165) is 6.42 Å². The highest BCUT2D eigenvalue weighted by Gasteiger charge is 2.08. The van der Waals surface area contributed by atoms with Crippen molar-refractivity contribution in [1.29, 1.82) is 0 Å². The summed E-state index contributed by atoms with van der Waals surface area (Å²) in [6.45, 7) is 6.42. The molecule has 0 saturated carbocycles. The molecule has 0 saturated heterocycles. The molecule has 0 heterocycles. The van der Waals surface area contributed by atoms with E-state index in [1.54, 1.807) is 6.08 Å². The van der Waals surface area contributed by atoms with E-state index in [4.69, 9.17) is 5.73 Å². The van der Waals surface area contributed by atoms with E-state index < -0.39 is 0 Å². The van der Waals surface area contributed by atoms with Crippen LogP contribution < -0.4 is 11.1 Å². The van der Waals surface area contributed by atoms with Crippen LogP contribution in [0.2, 0.25) is 0 Å². The number of nitrogens with two attached hydrogens (primary N) is 1. The van der Waals surface area contributed by atoms with Gasteiger partial charge in [0.2, 0.25) is 5.91 Å². The number of rotatable bonds is 5. The molecule has 1 atom stereocenters. The summed E-state index contributed by atoms with van der Waals surface area (Å²) in [7, 11) is 0. The van der Waals surface area contributed by atoms with Crippen molar-refractivity contribution in [2.75, 3.05) is 13.1 Å². The smallest absolute Gasteiger partial charge is 0.224 e. The van der Waals surface area contributed by atoms with Gasteiger partial charge in [-0.1, -0.05) is 13.0 Å². The van der Waals surface area contributed by atoms with Gasteiger partial charge in [-0.05, 0) is 6.42 Å². The molecule has 3 N–H and O–H groups in total. The third-order valence-electron chi connectivity index (χ3n) is 1.45. The molecule has 0 rings (SSSR count). The molecular formula is C8H16N2O. The molecule has 0 spiro atoms. The maximum atomic E-state index is 11.0. The van der Waals surface area contributed by atoms with Crippen LogP contribution in [-0.2, 0) is 4.79 Å². The summed E-state index contributed by atoms with van der Waals surface area (Å²) in [6.07, 6.45) is 2.58. The summed E-state index contributed by atoms with van der Waals surface area (Å²) in [6, 6.07) is 0. The fourth-order valence-corrected chi connectivity index (χ4v) is 0.579. The predicted molar refractivity (Wildman–Crippen MR) is 46.0 cm³/mol. The SMILES string of the molecule is C=CCCNC(=O)C(C)CN. The molecule has 0 aliphatic carbocycles. The summed E-state index contributed by atoms with van der Waals surface area (Å²) in [4.78, 5) is 11.0. The lowest BCUT2D eigenvalue weighted by molar-refractivity contribution is -0.124. The Kier molecular flexibility index (Phi) is 5.47. The van der Waals surface area contributed by atoms with Gasteiger partial charge in [0.25, 0.3) is 0 Å². The molecule has 0 aromatic heterocycles. The van der Waals surface area contributed by atoms with Crippen LogP contribution in [-0.4, -0.2) is 19.0 Å². The maximum Gasteiger partial charge on any atom is 0.224 e. The molecule has 0 aromatic rings. The fraction of sp³-hybridized carbons (Fsp3) is 0.625. The first-order valence-corrected chi connectivity index (χ1v) is 3.81. The molecule has 0 fully saturated rings. The van der Waals surface area contributed by atoms with Crippen LogP contribution in [0.15, 0.2) is 12.7 Å². The lowest BCUT2D eigenvalue weighted by Crippen LogP contribution is -2.33. The number of nitrogens with one attached hydrogen (secondary N) is 1. The van der Waals surface area contributed by atoms with Crippen LogP contribution >= 0.6 is 0 Å². The molecule has 0 bridgehead atoms. The standard InChI is InChI=1S/C8H16N2O/c1-3-4-5-10-8(11)7(2)6-9/h3,7H,1,4-6,9H2,2H3,(H,10,11). The summed E-state index contributed by atoms with van der Waals surface area (Å²) < 4.78 is 0. The molecule has 0 aromatic carbocycles. The monoisotopic (exact) mass is 156 g/mol. The van der Waals surface area contributed by atoms with Gasteiger partial charge in [-0.3, -0.25) is 4.79 Å². The molecule has 0 aliphatic heterocycles. The van der Waals surface area contributed by atoms with Crippen molar-refractivity contribution in [1.82, 2.24) is 5.32 Å². The molecule has 64 valence electrons. The Morgan fingerprint density at radius 3 is 2.91 bits per heavy atom. The van der Waals surface area contributed by atoms with Gasteiger partial charge in [-0.25, -0.2) is 0 Å². The minimum absolute atomic E-state index is 0.0225. The Balaban J connectivity index is 3.43. The second-order valence-electron chi connectivity index (χ2n) is 2.51. The number of carbonyl (C=O) groups excluding carboxylic acids is 1. The highest BCUT2D eigenvalue weighted by atomic mass is 16.1. The second kappa shape index (κ2) is 5.92. The van der Waals surface area contributed by atoms with Gasteiger partial charge in [0, 0.05) is 19.0 Å². The van der Waals surface area contributed by atoms with Crippen molar-refractivity contribution in [3.63, 3.8) is 0 Å². The lowest BCUT2D eigenvalue weighted by Gasteiger charge is -2.07. The predicted octanol–water partition coefficient (Wildman–Crippen LogP) is 0.274. The molecular weight excluding hydrogens is 140 g/mol. The van der Waals surface area contributed by atoms with E-state index in [9.17, 15) is 4.79 Å². The van der Waals surface area contributed by atoms with E-state index in [2.05, 4.69) is 11.9 Å². The maximum absolute atomic E-state index is 11.0. The van der Waals surface area contributed by atoms with Crippen LogP contribution in [0.3, 0.4) is 0 Å². The molecule has 0 radical (unpaired) electrons. The zero-order valence-electron chi connectivity index (χ0n) is 6.97. The normalized spacial score (nSPS) is 12.2. The highest BCUT2D eigenvalue weighted by Crippen LogP contribution is 1.89. The van der Waals surface area contributed by atoms with Crippen molar-refractivity contribution in [2.45, 2.75) is 13.3 Å². The lowest BCUT2D eigenvalue weighted by atomic mass is 10.2. The Bertz CT molecular complexity index is 134. The third-order valence-corrected chi connectivity index (χ3v) is 1.45. The highest BCUT2D eigenvalue weighted by molar-refractivity contribution is 5.78. The Morgan fingerprint density at radius 1 is 1.82 bits per heavy atom. The van der Waals surface area contributed by atoms with Crippen LogP contribution in [0.5, 0.6) is 0 Å². The van der Waals surface area contributed by atoms with Crippen LogP contribution in [0.4, 0.5) is 0 Å². The Hall–Kier alpha value is -0.830. The van der Waals surface area contributed by atoms with E-state index in [1.807, 2.05) is 6.92 Å². The quantitative estimate of drug-likeness (QED) is 0.443. The van der Waals surface area contributed by atoms with E-state index in [-0.39, 0.29) is 11.8 Å². The first-order chi connectivity index (χ1) is 5.22. The zero-order valence-corrected chi connectivity index (χ0v) is 6.97. The van der Waals surface area contributed by atoms with Gasteiger partial charge in [0.05, 0.1) is 0 Å². The van der Waals surface area contributed by atoms with Gasteiger partial charge >= 0.3 is 0 Å². The Morgan fingerprint density at radius 2 is 2.45 bits per heavy atom.